The zero-order chi connectivity index (χ0) is 19.7. The lowest BCUT2D eigenvalue weighted by molar-refractivity contribution is -0.360. The van der Waals surface area contributed by atoms with Gasteiger partial charge in [0.2, 0.25) is 0 Å². The monoisotopic (exact) mass is 398 g/mol. The largest absolute Gasteiger partial charge is 0.491 e. The molecule has 0 aliphatic heterocycles. The minimum atomic E-state index is 0.642. The van der Waals surface area contributed by atoms with Gasteiger partial charge in [-0.15, -0.1) is 9.32 Å². The maximum Gasteiger partial charge on any atom is 0.171 e. The molecule has 0 amide bonds. The van der Waals surface area contributed by atoms with Crippen LogP contribution in [0.15, 0.2) is 28.2 Å². The van der Waals surface area contributed by atoms with Crippen molar-refractivity contribution in [3.05, 3.63) is 18.2 Å². The second-order valence-corrected chi connectivity index (χ2v) is 7.30. The summed E-state index contributed by atoms with van der Waals surface area (Å²) in [6, 6.07) is 5.62. The molecule has 7 heteroatoms. The maximum absolute atomic E-state index is 5.86. The number of hydroxylamine groups is 2. The van der Waals surface area contributed by atoms with E-state index in [2.05, 4.69) is 25.9 Å². The average molecular weight is 399 g/mol. The van der Waals surface area contributed by atoms with Crippen molar-refractivity contribution in [3.8, 4) is 5.75 Å². The normalized spacial score (nSPS) is 11.1. The topological polar surface area (TPSA) is 68.9 Å². The summed E-state index contributed by atoms with van der Waals surface area (Å²) in [6.07, 6.45) is 9.05. The number of nitrogens with zero attached hydrogens (tertiary/aromatic N) is 2. The summed E-state index contributed by atoms with van der Waals surface area (Å²) < 4.78 is 11.2. The SMILES string of the molecule is CCCCCCOc1cc(SOON(CCCC)CCCC)ccc1N=[NH2+]. The van der Waals surface area contributed by atoms with Crippen molar-refractivity contribution in [2.24, 2.45) is 5.11 Å². The van der Waals surface area contributed by atoms with Gasteiger partial charge in [-0.2, -0.15) is 10.6 Å². The Morgan fingerprint density at radius 1 is 0.963 bits per heavy atom. The van der Waals surface area contributed by atoms with Crippen molar-refractivity contribution < 1.29 is 19.6 Å². The van der Waals surface area contributed by atoms with Crippen LogP contribution < -0.4 is 10.3 Å². The molecule has 1 aromatic rings. The first-order chi connectivity index (χ1) is 13.2. The van der Waals surface area contributed by atoms with Gasteiger partial charge in [0.05, 0.1) is 18.6 Å². The Morgan fingerprint density at radius 3 is 2.30 bits per heavy atom. The number of benzene rings is 1. The van der Waals surface area contributed by atoms with Gasteiger partial charge in [-0.25, -0.2) is 0 Å². The fourth-order valence-electron chi connectivity index (χ4n) is 2.43. The van der Waals surface area contributed by atoms with Crippen LogP contribution >= 0.6 is 12.0 Å². The van der Waals surface area contributed by atoms with E-state index < -0.39 is 0 Å². The first-order valence-corrected chi connectivity index (χ1v) is 10.9. The van der Waals surface area contributed by atoms with E-state index in [1.54, 1.807) is 0 Å². The van der Waals surface area contributed by atoms with Gasteiger partial charge in [-0.1, -0.05) is 52.9 Å². The Morgan fingerprint density at radius 2 is 1.67 bits per heavy atom. The van der Waals surface area contributed by atoms with E-state index in [1.807, 2.05) is 23.3 Å². The molecule has 0 unspecified atom stereocenters. The molecule has 2 N–H and O–H groups in total. The van der Waals surface area contributed by atoms with Crippen LogP contribution in [0.5, 0.6) is 5.75 Å². The third-order valence-corrected chi connectivity index (χ3v) is 4.69. The van der Waals surface area contributed by atoms with Gasteiger partial charge in [-0.3, -0.25) is 0 Å². The van der Waals surface area contributed by atoms with Crippen LogP contribution in [0, 0.1) is 0 Å². The van der Waals surface area contributed by atoms with Crippen molar-refractivity contribution in [1.29, 1.82) is 0 Å². The molecule has 0 saturated carbocycles. The highest BCUT2D eigenvalue weighted by Crippen LogP contribution is 2.32. The summed E-state index contributed by atoms with van der Waals surface area (Å²) in [7, 11) is 0. The summed E-state index contributed by atoms with van der Waals surface area (Å²) in [5.74, 6) is 0.677. The van der Waals surface area contributed by atoms with Crippen LogP contribution in [0.4, 0.5) is 5.69 Å². The fourth-order valence-corrected chi connectivity index (χ4v) is 2.91. The van der Waals surface area contributed by atoms with E-state index in [4.69, 9.17) is 19.6 Å². The van der Waals surface area contributed by atoms with Crippen LogP contribution in [0.3, 0.4) is 0 Å². The molecule has 1 aromatic carbocycles. The van der Waals surface area contributed by atoms with Gasteiger partial charge < -0.3 is 4.74 Å². The average Bonchev–Trinajstić information content (AvgIpc) is 2.69. The lowest BCUT2D eigenvalue weighted by Gasteiger charge is -2.18. The van der Waals surface area contributed by atoms with Crippen molar-refractivity contribution in [2.75, 3.05) is 19.7 Å². The minimum Gasteiger partial charge on any atom is -0.491 e. The number of ether oxygens (including phenoxy) is 1. The summed E-state index contributed by atoms with van der Waals surface area (Å²) in [4.78, 5) is 6.37. The van der Waals surface area contributed by atoms with E-state index in [0.29, 0.717) is 18.0 Å². The number of hydrogen-bond donors (Lipinski definition) is 1. The van der Waals surface area contributed by atoms with Gasteiger partial charge in [0, 0.05) is 18.0 Å². The molecule has 27 heavy (non-hydrogen) atoms. The Kier molecular flexibility index (Phi) is 14.0. The molecule has 0 bridgehead atoms. The molecule has 0 heterocycles. The fraction of sp³-hybridized carbons (Fsp3) is 0.700. The number of rotatable bonds is 17. The van der Waals surface area contributed by atoms with E-state index in [0.717, 1.165) is 50.1 Å². The summed E-state index contributed by atoms with van der Waals surface area (Å²) in [6.45, 7) is 8.93. The minimum absolute atomic E-state index is 0.642. The summed E-state index contributed by atoms with van der Waals surface area (Å²) >= 11 is 1.17. The lowest BCUT2D eigenvalue weighted by atomic mass is 10.2. The molecule has 6 nitrogen and oxygen atoms in total. The molecule has 0 fully saturated rings. The van der Waals surface area contributed by atoms with Gasteiger partial charge in [-0.05, 0) is 42.6 Å². The van der Waals surface area contributed by atoms with Crippen LogP contribution in [0.1, 0.15) is 72.1 Å². The molecule has 1 rings (SSSR count). The van der Waals surface area contributed by atoms with Crippen molar-refractivity contribution >= 4 is 17.7 Å². The highest BCUT2D eigenvalue weighted by Gasteiger charge is 2.10. The molecule has 0 aliphatic rings. The standard InChI is InChI=1S/C20H35N3O3S/c1-4-7-10-11-16-24-20-17-18(12-13-19(20)22-21)27-26-25-23(14-8-5-2)15-9-6-3/h12-13,17,21H,4-11,14-16H2,1-3H3/p+1. The number of hydrogen-bond acceptors (Lipinski definition) is 6. The molecule has 0 aromatic heterocycles. The quantitative estimate of drug-likeness (QED) is 0.127. The second-order valence-electron chi connectivity index (χ2n) is 6.53. The first-order valence-electron chi connectivity index (χ1n) is 10.2. The second kappa shape index (κ2) is 15.9. The van der Waals surface area contributed by atoms with E-state index in [-0.39, 0.29) is 0 Å². The van der Waals surface area contributed by atoms with E-state index >= 15 is 0 Å². The zero-order valence-electron chi connectivity index (χ0n) is 17.1. The maximum atomic E-state index is 5.86. The molecule has 154 valence electrons. The van der Waals surface area contributed by atoms with Crippen molar-refractivity contribution in [2.45, 2.75) is 77.0 Å². The Hall–Kier alpha value is -1.15. The van der Waals surface area contributed by atoms with Crippen LogP contribution in [-0.4, -0.2) is 24.8 Å². The molecule has 0 radical (unpaired) electrons. The third-order valence-electron chi connectivity index (χ3n) is 4.11. The Balaban J connectivity index is 2.50. The van der Waals surface area contributed by atoms with Crippen LogP contribution in [0.25, 0.3) is 0 Å². The summed E-state index contributed by atoms with van der Waals surface area (Å²) in [5, 5.41) is 5.67. The predicted octanol–water partition coefficient (Wildman–Crippen LogP) is 5.26. The first kappa shape index (κ1) is 23.9. The molecule has 0 saturated heterocycles. The summed E-state index contributed by atoms with van der Waals surface area (Å²) in [5.41, 5.74) is 6.10. The zero-order valence-corrected chi connectivity index (χ0v) is 17.9. The van der Waals surface area contributed by atoms with Crippen molar-refractivity contribution in [1.82, 2.24) is 5.06 Å². The Bertz CT molecular complexity index is 509. The third kappa shape index (κ3) is 10.7. The Labute approximate surface area is 168 Å². The molecular formula is C20H36N3O3S+. The predicted molar refractivity (Wildman–Crippen MR) is 110 cm³/mol. The van der Waals surface area contributed by atoms with Crippen LogP contribution in [0.2, 0.25) is 0 Å². The van der Waals surface area contributed by atoms with Crippen LogP contribution in [-0.2, 0) is 9.32 Å². The van der Waals surface area contributed by atoms with Gasteiger partial charge in [0.15, 0.2) is 11.4 Å². The molecule has 0 aliphatic carbocycles. The highest BCUT2D eigenvalue weighted by atomic mass is 32.2. The number of unbranched alkanes of at least 4 members (excludes halogenated alkanes) is 5. The smallest absolute Gasteiger partial charge is 0.171 e. The van der Waals surface area contributed by atoms with Gasteiger partial charge in [0.25, 0.3) is 0 Å². The molecular weight excluding hydrogens is 362 g/mol. The lowest BCUT2D eigenvalue weighted by Crippen LogP contribution is -2.25. The van der Waals surface area contributed by atoms with Crippen molar-refractivity contribution in [3.63, 3.8) is 0 Å². The van der Waals surface area contributed by atoms with Gasteiger partial charge >= 0.3 is 0 Å². The van der Waals surface area contributed by atoms with Gasteiger partial charge in [0.1, 0.15) is 0 Å². The molecule has 0 spiro atoms. The van der Waals surface area contributed by atoms with E-state index in [9.17, 15) is 0 Å². The number of nitrogens with two attached hydrogens (primary N) is 1. The molecule has 0 atom stereocenters. The van der Waals surface area contributed by atoms with E-state index in [1.165, 1.54) is 31.3 Å². The highest BCUT2D eigenvalue weighted by molar-refractivity contribution is 7.94.